The Morgan fingerprint density at radius 1 is 0.917 bits per heavy atom. The molecule has 0 bridgehead atoms. The molecule has 0 aliphatic rings. The van der Waals surface area contributed by atoms with Crippen LogP contribution in [0.4, 0.5) is 5.13 Å². The Morgan fingerprint density at radius 2 is 1.64 bits per heavy atom. The first kappa shape index (κ1) is 24.8. The van der Waals surface area contributed by atoms with E-state index in [2.05, 4.69) is 10.1 Å². The summed E-state index contributed by atoms with van der Waals surface area (Å²) >= 11 is 1.32. The van der Waals surface area contributed by atoms with Crippen molar-refractivity contribution in [1.29, 1.82) is 0 Å². The first-order valence-electron chi connectivity index (χ1n) is 10.9. The van der Waals surface area contributed by atoms with Crippen LogP contribution in [0, 0.1) is 0 Å². The number of nitrogens with zero attached hydrogens (tertiary/aromatic N) is 3. The van der Waals surface area contributed by atoms with Crippen LogP contribution in [-0.2, 0) is 4.79 Å². The number of hydrogen-bond donors (Lipinski definition) is 0. The van der Waals surface area contributed by atoms with Gasteiger partial charge in [0, 0.05) is 5.56 Å². The number of carbonyl (C=O) groups excluding carboxylic acids is 1. The van der Waals surface area contributed by atoms with Crippen molar-refractivity contribution in [3.05, 3.63) is 66.2 Å². The maximum absolute atomic E-state index is 13.2. The van der Waals surface area contributed by atoms with Crippen molar-refractivity contribution in [3.8, 4) is 28.7 Å². The van der Waals surface area contributed by atoms with Gasteiger partial charge < -0.3 is 23.7 Å². The second kappa shape index (κ2) is 11.4. The first-order valence-corrected chi connectivity index (χ1v) is 11.7. The van der Waals surface area contributed by atoms with Gasteiger partial charge in [-0.15, -0.1) is 0 Å². The normalized spacial score (nSPS) is 10.9. The van der Waals surface area contributed by atoms with Crippen molar-refractivity contribution >= 4 is 38.8 Å². The van der Waals surface area contributed by atoms with Gasteiger partial charge >= 0.3 is 0 Å². The standard InChI is InChI=1S/C26H25N3O6S/c1-31-19-10-11-20-23(14-19)36-26(28-20)29(24(30)16-35-18-8-6-5-7-9-18)27-15-17-12-21(32-2)25(34-4)22(13-17)33-3/h5-15H,16H2,1-4H3/b27-15+. The third-order valence-electron chi connectivity index (χ3n) is 5.12. The number of hydrazone groups is 1. The van der Waals surface area contributed by atoms with Gasteiger partial charge in [0.15, 0.2) is 18.1 Å². The topological polar surface area (TPSA) is 91.7 Å². The number of amides is 1. The largest absolute Gasteiger partial charge is 0.497 e. The highest BCUT2D eigenvalue weighted by molar-refractivity contribution is 7.22. The maximum atomic E-state index is 13.2. The number of thiazole rings is 1. The number of rotatable bonds is 10. The molecule has 0 radical (unpaired) electrons. The minimum atomic E-state index is -0.395. The van der Waals surface area contributed by atoms with E-state index in [0.29, 0.717) is 39.4 Å². The van der Waals surface area contributed by atoms with Gasteiger partial charge in [-0.2, -0.15) is 10.1 Å². The molecule has 0 unspecified atom stereocenters. The summed E-state index contributed by atoms with van der Waals surface area (Å²) in [7, 11) is 6.19. The summed E-state index contributed by atoms with van der Waals surface area (Å²) < 4.78 is 28.1. The van der Waals surface area contributed by atoms with Crippen LogP contribution in [0.1, 0.15) is 5.56 Å². The molecule has 0 saturated heterocycles. The fourth-order valence-electron chi connectivity index (χ4n) is 3.35. The third kappa shape index (κ3) is 5.49. The number of hydrogen-bond acceptors (Lipinski definition) is 9. The van der Waals surface area contributed by atoms with Gasteiger partial charge in [0.25, 0.3) is 5.91 Å². The molecule has 10 heteroatoms. The molecule has 4 rings (SSSR count). The van der Waals surface area contributed by atoms with E-state index in [4.69, 9.17) is 23.7 Å². The van der Waals surface area contributed by atoms with Crippen LogP contribution in [0.15, 0.2) is 65.8 Å². The number of para-hydroxylation sites is 1. The lowest BCUT2D eigenvalue weighted by Gasteiger charge is -2.15. The summed E-state index contributed by atoms with van der Waals surface area (Å²) in [5.74, 6) is 2.28. The zero-order chi connectivity index (χ0) is 25.5. The molecule has 1 aromatic heterocycles. The number of methoxy groups -OCH3 is 4. The van der Waals surface area contributed by atoms with Crippen LogP contribution in [0.25, 0.3) is 10.2 Å². The highest BCUT2D eigenvalue weighted by atomic mass is 32.1. The van der Waals surface area contributed by atoms with Crippen LogP contribution in [-0.4, -0.2) is 52.2 Å². The zero-order valence-corrected chi connectivity index (χ0v) is 21.1. The highest BCUT2D eigenvalue weighted by Gasteiger charge is 2.21. The van der Waals surface area contributed by atoms with E-state index >= 15 is 0 Å². The Balaban J connectivity index is 1.68. The Morgan fingerprint density at radius 3 is 2.28 bits per heavy atom. The molecule has 0 aliphatic carbocycles. The van der Waals surface area contributed by atoms with Gasteiger partial charge in [-0.05, 0) is 42.5 Å². The molecule has 186 valence electrons. The van der Waals surface area contributed by atoms with Gasteiger partial charge in [0.05, 0.1) is 44.9 Å². The smallest absolute Gasteiger partial charge is 0.287 e. The summed E-state index contributed by atoms with van der Waals surface area (Å²) in [6.07, 6.45) is 1.53. The molecule has 4 aromatic rings. The highest BCUT2D eigenvalue weighted by Crippen LogP contribution is 2.38. The average molecular weight is 508 g/mol. The summed E-state index contributed by atoms with van der Waals surface area (Å²) in [6, 6.07) is 18.1. The van der Waals surface area contributed by atoms with Gasteiger partial charge in [-0.1, -0.05) is 29.5 Å². The number of ether oxygens (including phenoxy) is 5. The van der Waals surface area contributed by atoms with Crippen LogP contribution in [0.5, 0.6) is 28.7 Å². The molecule has 1 amide bonds. The SMILES string of the molecule is COc1ccc2nc(N(/N=C/c3cc(OC)c(OC)c(OC)c3)C(=O)COc3ccccc3)sc2c1. The molecule has 9 nitrogen and oxygen atoms in total. The average Bonchev–Trinajstić information content (AvgIpc) is 3.34. The van der Waals surface area contributed by atoms with Crippen LogP contribution < -0.4 is 28.7 Å². The van der Waals surface area contributed by atoms with E-state index in [9.17, 15) is 4.79 Å². The third-order valence-corrected chi connectivity index (χ3v) is 6.11. The molecular formula is C26H25N3O6S. The lowest BCUT2D eigenvalue weighted by Crippen LogP contribution is -2.30. The molecule has 0 atom stereocenters. The van der Waals surface area contributed by atoms with Crippen LogP contribution in [0.3, 0.4) is 0 Å². The van der Waals surface area contributed by atoms with Crippen molar-refractivity contribution in [1.82, 2.24) is 4.98 Å². The minimum absolute atomic E-state index is 0.226. The van der Waals surface area contributed by atoms with E-state index in [1.165, 1.54) is 43.9 Å². The Labute approximate surface area is 212 Å². The van der Waals surface area contributed by atoms with Crippen molar-refractivity contribution in [3.63, 3.8) is 0 Å². The number of carbonyl (C=O) groups is 1. The van der Waals surface area contributed by atoms with Crippen molar-refractivity contribution in [2.45, 2.75) is 0 Å². The van der Waals surface area contributed by atoms with E-state index in [-0.39, 0.29) is 6.61 Å². The summed E-state index contributed by atoms with van der Waals surface area (Å²) in [6.45, 7) is -0.226. The maximum Gasteiger partial charge on any atom is 0.287 e. The number of anilines is 1. The molecule has 0 fully saturated rings. The van der Waals surface area contributed by atoms with Gasteiger partial charge in [-0.3, -0.25) is 4.79 Å². The monoisotopic (exact) mass is 507 g/mol. The van der Waals surface area contributed by atoms with Crippen LogP contribution in [0.2, 0.25) is 0 Å². The molecule has 3 aromatic carbocycles. The summed E-state index contributed by atoms with van der Waals surface area (Å²) in [5.41, 5.74) is 1.36. The Bertz CT molecular complexity index is 1350. The fraction of sp³-hybridized carbons (Fsp3) is 0.192. The fourth-order valence-corrected chi connectivity index (χ4v) is 4.32. The summed E-state index contributed by atoms with van der Waals surface area (Å²) in [5, 5.41) is 6.08. The molecular weight excluding hydrogens is 482 g/mol. The summed E-state index contributed by atoms with van der Waals surface area (Å²) in [4.78, 5) is 17.8. The Kier molecular flexibility index (Phi) is 7.86. The Hall–Kier alpha value is -4.31. The van der Waals surface area contributed by atoms with E-state index in [1.54, 1.807) is 31.4 Å². The molecule has 36 heavy (non-hydrogen) atoms. The predicted octanol–water partition coefficient (Wildman–Crippen LogP) is 4.78. The number of fused-ring (bicyclic) bond motifs is 1. The van der Waals surface area contributed by atoms with Gasteiger partial charge in [0.2, 0.25) is 10.9 Å². The van der Waals surface area contributed by atoms with E-state index < -0.39 is 5.91 Å². The lowest BCUT2D eigenvalue weighted by atomic mass is 10.2. The second-order valence-electron chi connectivity index (χ2n) is 7.34. The molecule has 0 spiro atoms. The van der Waals surface area contributed by atoms with Crippen molar-refractivity contribution < 1.29 is 28.5 Å². The van der Waals surface area contributed by atoms with Crippen LogP contribution >= 0.6 is 11.3 Å². The predicted molar refractivity (Wildman–Crippen MR) is 139 cm³/mol. The molecule has 0 N–H and O–H groups in total. The minimum Gasteiger partial charge on any atom is -0.497 e. The number of aromatic nitrogens is 1. The van der Waals surface area contributed by atoms with Gasteiger partial charge in [-0.25, -0.2) is 4.98 Å². The number of benzene rings is 3. The van der Waals surface area contributed by atoms with Crippen molar-refractivity contribution in [2.75, 3.05) is 40.1 Å². The lowest BCUT2D eigenvalue weighted by molar-refractivity contribution is -0.120. The van der Waals surface area contributed by atoms with Gasteiger partial charge in [0.1, 0.15) is 11.5 Å². The molecule has 1 heterocycles. The second-order valence-corrected chi connectivity index (χ2v) is 8.35. The van der Waals surface area contributed by atoms with E-state index in [0.717, 1.165) is 10.2 Å². The molecule has 0 saturated carbocycles. The van der Waals surface area contributed by atoms with Crippen molar-refractivity contribution in [2.24, 2.45) is 5.10 Å². The van der Waals surface area contributed by atoms with E-state index in [1.807, 2.05) is 36.4 Å². The zero-order valence-electron chi connectivity index (χ0n) is 20.3. The first-order chi connectivity index (χ1) is 17.6. The quantitative estimate of drug-likeness (QED) is 0.225. The molecule has 0 aliphatic heterocycles.